The van der Waals surface area contributed by atoms with Gasteiger partial charge in [-0.25, -0.2) is 9.59 Å². The maximum atomic E-state index is 12.2. The van der Waals surface area contributed by atoms with Gasteiger partial charge >= 0.3 is 12.2 Å². The van der Waals surface area contributed by atoms with Gasteiger partial charge in [-0.3, -0.25) is 5.41 Å². The molecule has 0 bridgehead atoms. The lowest BCUT2D eigenvalue weighted by molar-refractivity contribution is -0.0497. The summed E-state index contributed by atoms with van der Waals surface area (Å²) in [6.45, 7) is 26.8. The van der Waals surface area contributed by atoms with Gasteiger partial charge in [0.05, 0.1) is 5.84 Å². The Kier molecular flexibility index (Phi) is 20.6. The van der Waals surface area contributed by atoms with Gasteiger partial charge in [0.2, 0.25) is 0 Å². The van der Waals surface area contributed by atoms with Crippen LogP contribution in [0.15, 0.2) is 11.6 Å². The quantitative estimate of drug-likeness (QED) is 0.0309. The third-order valence-electron chi connectivity index (χ3n) is 15.1. The highest BCUT2D eigenvalue weighted by Crippen LogP contribution is 2.67. The van der Waals surface area contributed by atoms with Gasteiger partial charge in [-0.1, -0.05) is 113 Å². The fourth-order valence-electron chi connectivity index (χ4n) is 12.0. The standard InChI is InChI=1S/C51H92N4O4S2/c1-37(2)20-18-21-38(3)42-24-25-43-41-23-22-39-36-40(26-29-50(39,10)44(41)27-30-51(42,43)11)61-60-35-28-45(52)55(34-19-32-54-47(57)59-49(7,8)9)33-17-15-13-12-14-16-31-53-46(56)58-48(4,5)6/h22,37-38,40-44,52H,12-21,23-36H2,1-11H3,(H,53,56)(H,54,57)/t38-,40+,41+,42-,43+,44+,50+,51-/m1/s1. The number of hydrogen-bond acceptors (Lipinski definition) is 7. The molecule has 2 amide bonds. The van der Waals surface area contributed by atoms with E-state index >= 15 is 0 Å². The van der Waals surface area contributed by atoms with E-state index in [2.05, 4.69) is 67.0 Å². The van der Waals surface area contributed by atoms with Crippen LogP contribution in [0.25, 0.3) is 0 Å². The Labute approximate surface area is 382 Å². The SMILES string of the molecule is CC(C)CCC[C@@H](C)[C@H]1CC[C@H]2[C@@H]3CC=C4C[C@@H](SSCCC(=N)N(CCCCCCCCNC(=O)OC(C)(C)C)CCCNC(=O)OC(C)(C)C)CC[C@]4(C)[C@H]3CC[C@]12C. The molecular formula is C51H92N4O4S2. The van der Waals surface area contributed by atoms with Crippen molar-refractivity contribution in [3.8, 4) is 0 Å². The number of nitrogens with zero attached hydrogens (tertiary/aromatic N) is 1. The predicted octanol–water partition coefficient (Wildman–Crippen LogP) is 14.2. The van der Waals surface area contributed by atoms with Crippen LogP contribution in [0.5, 0.6) is 0 Å². The monoisotopic (exact) mass is 889 g/mol. The number of carbonyl (C=O) groups excluding carboxylic acids is 2. The predicted molar refractivity (Wildman–Crippen MR) is 262 cm³/mol. The number of nitrogens with one attached hydrogen (secondary N) is 3. The van der Waals surface area contributed by atoms with Crippen molar-refractivity contribution in [1.82, 2.24) is 15.5 Å². The first-order valence-electron chi connectivity index (χ1n) is 25.0. The van der Waals surface area contributed by atoms with Crippen molar-refractivity contribution in [1.29, 1.82) is 5.41 Å². The van der Waals surface area contributed by atoms with Crippen LogP contribution >= 0.6 is 21.6 Å². The van der Waals surface area contributed by atoms with Gasteiger partial charge in [0, 0.05) is 43.6 Å². The molecule has 3 N–H and O–H groups in total. The first kappa shape index (κ1) is 52.1. The van der Waals surface area contributed by atoms with E-state index in [9.17, 15) is 9.59 Å². The summed E-state index contributed by atoms with van der Waals surface area (Å²) in [7, 11) is 4.08. The molecule has 10 heteroatoms. The molecule has 4 aliphatic carbocycles. The van der Waals surface area contributed by atoms with E-state index in [1.165, 1.54) is 70.6 Å². The second kappa shape index (κ2) is 24.1. The van der Waals surface area contributed by atoms with E-state index in [4.69, 9.17) is 14.9 Å². The van der Waals surface area contributed by atoms with E-state index in [0.29, 0.717) is 29.2 Å². The number of carbonyl (C=O) groups is 2. The summed E-state index contributed by atoms with van der Waals surface area (Å²) in [5.74, 6) is 6.98. The summed E-state index contributed by atoms with van der Waals surface area (Å²) in [6.07, 6.45) is 25.4. The van der Waals surface area contributed by atoms with E-state index in [1.54, 1.807) is 5.57 Å². The minimum absolute atomic E-state index is 0.342. The van der Waals surface area contributed by atoms with Crippen LogP contribution in [-0.4, -0.2) is 71.3 Å². The lowest BCUT2D eigenvalue weighted by Gasteiger charge is -2.58. The Bertz CT molecular complexity index is 1410. The first-order valence-corrected chi connectivity index (χ1v) is 27.3. The van der Waals surface area contributed by atoms with Gasteiger partial charge < -0.3 is 25.0 Å². The van der Waals surface area contributed by atoms with Gasteiger partial charge in [-0.2, -0.15) is 0 Å². The smallest absolute Gasteiger partial charge is 0.407 e. The zero-order valence-corrected chi connectivity index (χ0v) is 42.6. The summed E-state index contributed by atoms with van der Waals surface area (Å²) in [5, 5.41) is 15.5. The highest BCUT2D eigenvalue weighted by molar-refractivity contribution is 8.76. The molecule has 0 heterocycles. The number of alkyl carbamates (subject to hydrolysis) is 2. The molecule has 0 radical (unpaired) electrons. The molecule has 0 aliphatic heterocycles. The highest BCUT2D eigenvalue weighted by atomic mass is 33.1. The van der Waals surface area contributed by atoms with E-state index in [1.807, 2.05) is 52.3 Å². The number of hydrogen-bond donors (Lipinski definition) is 3. The lowest BCUT2D eigenvalue weighted by atomic mass is 9.47. The molecule has 3 fully saturated rings. The van der Waals surface area contributed by atoms with Crippen molar-refractivity contribution in [2.24, 2.45) is 46.3 Å². The normalized spacial score (nSPS) is 27.9. The van der Waals surface area contributed by atoms with Crippen molar-refractivity contribution in [3.63, 3.8) is 0 Å². The minimum atomic E-state index is -0.515. The number of amidine groups is 1. The number of allylic oxidation sites excluding steroid dienone is 2. The van der Waals surface area contributed by atoms with Crippen molar-refractivity contribution in [2.75, 3.05) is 31.9 Å². The zero-order valence-electron chi connectivity index (χ0n) is 41.0. The average molecular weight is 889 g/mol. The Morgan fingerprint density at radius 3 is 2.08 bits per heavy atom. The van der Waals surface area contributed by atoms with Gasteiger partial charge in [0.1, 0.15) is 11.2 Å². The fourth-order valence-corrected chi connectivity index (χ4v) is 14.6. The second-order valence-corrected chi connectivity index (χ2v) is 25.4. The molecule has 4 aliphatic rings. The molecule has 0 aromatic heterocycles. The number of amides is 2. The highest BCUT2D eigenvalue weighted by Gasteiger charge is 2.59. The van der Waals surface area contributed by atoms with Crippen LogP contribution in [-0.2, 0) is 9.47 Å². The molecule has 61 heavy (non-hydrogen) atoms. The van der Waals surface area contributed by atoms with Gasteiger partial charge in [-0.05, 0) is 159 Å². The van der Waals surface area contributed by atoms with Gasteiger partial charge in [0.15, 0.2) is 0 Å². The summed E-state index contributed by atoms with van der Waals surface area (Å²) in [5.41, 5.74) is 1.75. The molecule has 8 atom stereocenters. The fraction of sp³-hybridized carbons (Fsp3) is 0.902. The summed E-state index contributed by atoms with van der Waals surface area (Å²) in [4.78, 5) is 26.4. The van der Waals surface area contributed by atoms with Crippen LogP contribution in [0.3, 0.4) is 0 Å². The third kappa shape index (κ3) is 16.4. The summed E-state index contributed by atoms with van der Waals surface area (Å²) >= 11 is 0. The maximum absolute atomic E-state index is 12.2. The number of unbranched alkanes of at least 4 members (excludes halogenated alkanes) is 5. The molecule has 352 valence electrons. The van der Waals surface area contributed by atoms with E-state index in [0.717, 1.165) is 112 Å². The number of rotatable bonds is 23. The number of ether oxygens (including phenoxy) is 2. The van der Waals surface area contributed by atoms with Crippen molar-refractivity contribution >= 4 is 39.6 Å². The largest absolute Gasteiger partial charge is 0.444 e. The molecular weight excluding hydrogens is 797 g/mol. The molecule has 0 spiro atoms. The molecule has 3 saturated carbocycles. The summed E-state index contributed by atoms with van der Waals surface area (Å²) < 4.78 is 10.8. The van der Waals surface area contributed by atoms with Crippen molar-refractivity contribution in [3.05, 3.63) is 11.6 Å². The second-order valence-electron chi connectivity index (χ2n) is 22.6. The van der Waals surface area contributed by atoms with Gasteiger partial charge in [-0.15, -0.1) is 0 Å². The van der Waals surface area contributed by atoms with E-state index in [-0.39, 0.29) is 12.2 Å². The Balaban J connectivity index is 1.19. The first-order chi connectivity index (χ1) is 28.7. The lowest BCUT2D eigenvalue weighted by Crippen LogP contribution is -2.50. The molecule has 8 nitrogen and oxygen atoms in total. The van der Waals surface area contributed by atoms with Crippen LogP contribution < -0.4 is 10.6 Å². The Morgan fingerprint density at radius 2 is 1.43 bits per heavy atom. The van der Waals surface area contributed by atoms with Crippen LogP contribution in [0.1, 0.15) is 198 Å². The van der Waals surface area contributed by atoms with Crippen molar-refractivity contribution < 1.29 is 19.1 Å². The van der Waals surface area contributed by atoms with Crippen LogP contribution in [0, 0.1) is 51.7 Å². The summed E-state index contributed by atoms with van der Waals surface area (Å²) in [6, 6.07) is 0. The minimum Gasteiger partial charge on any atom is -0.444 e. The molecule has 0 unspecified atom stereocenters. The Morgan fingerprint density at radius 1 is 0.803 bits per heavy atom. The molecule has 0 aromatic rings. The Hall–Kier alpha value is -1.55. The maximum Gasteiger partial charge on any atom is 0.407 e. The average Bonchev–Trinajstić information content (AvgIpc) is 3.52. The zero-order chi connectivity index (χ0) is 44.8. The van der Waals surface area contributed by atoms with Crippen LogP contribution in [0.2, 0.25) is 0 Å². The molecule has 0 aromatic carbocycles. The molecule has 0 saturated heterocycles. The molecule has 4 rings (SSSR count). The third-order valence-corrected chi connectivity index (χ3v) is 18.0. The number of fused-ring (bicyclic) bond motifs is 5. The topological polar surface area (TPSA) is 104 Å². The van der Waals surface area contributed by atoms with E-state index < -0.39 is 11.2 Å². The van der Waals surface area contributed by atoms with Crippen LogP contribution in [0.4, 0.5) is 9.59 Å². The van der Waals surface area contributed by atoms with Crippen molar-refractivity contribution in [2.45, 2.75) is 215 Å². The van der Waals surface area contributed by atoms with Gasteiger partial charge in [0.25, 0.3) is 0 Å².